The van der Waals surface area contributed by atoms with Gasteiger partial charge in [0.1, 0.15) is 6.04 Å². The quantitative estimate of drug-likeness (QED) is 0.330. The van der Waals surface area contributed by atoms with Crippen LogP contribution >= 0.6 is 11.6 Å². The van der Waals surface area contributed by atoms with Crippen LogP contribution in [0.2, 0.25) is 5.02 Å². The monoisotopic (exact) mass is 419 g/mol. The van der Waals surface area contributed by atoms with Crippen LogP contribution in [0.5, 0.6) is 0 Å². The number of hydrogen-bond donors (Lipinski definition) is 3. The highest BCUT2D eigenvalue weighted by molar-refractivity contribution is 6.34. The number of carbonyl (C=O) groups excluding carboxylic acids is 3. The third-order valence-electron chi connectivity index (χ3n) is 3.86. The molecule has 0 saturated heterocycles. The molecular formula is C18H14ClN3O7. The molecule has 1 unspecified atom stereocenters. The van der Waals surface area contributed by atoms with Crippen LogP contribution in [0, 0.1) is 10.1 Å². The van der Waals surface area contributed by atoms with Gasteiger partial charge in [-0.15, -0.1) is 0 Å². The summed E-state index contributed by atoms with van der Waals surface area (Å²) in [5.41, 5.74) is 4.87. The first-order chi connectivity index (χ1) is 13.6. The molecule has 29 heavy (non-hydrogen) atoms. The molecule has 2 aromatic rings. The highest BCUT2D eigenvalue weighted by atomic mass is 35.5. The summed E-state index contributed by atoms with van der Waals surface area (Å²) >= 11 is 5.99. The van der Waals surface area contributed by atoms with Gasteiger partial charge in [0.05, 0.1) is 16.1 Å². The first-order valence-corrected chi connectivity index (χ1v) is 8.36. The van der Waals surface area contributed by atoms with Crippen molar-refractivity contribution in [1.82, 2.24) is 5.32 Å². The minimum atomic E-state index is -1.39. The van der Waals surface area contributed by atoms with Crippen LogP contribution in [0.1, 0.15) is 42.7 Å². The number of aromatic carboxylic acids is 1. The molecule has 11 heteroatoms. The minimum Gasteiger partial charge on any atom is -0.478 e. The molecule has 2 aromatic carbocycles. The highest BCUT2D eigenvalue weighted by Crippen LogP contribution is 2.23. The Balaban J connectivity index is 2.33. The number of rotatable bonds is 8. The highest BCUT2D eigenvalue weighted by Gasteiger charge is 2.25. The van der Waals surface area contributed by atoms with Gasteiger partial charge in [0, 0.05) is 10.5 Å². The maximum atomic E-state index is 12.5. The Hall–Kier alpha value is -3.79. The van der Waals surface area contributed by atoms with Gasteiger partial charge in [-0.2, -0.15) is 0 Å². The molecule has 0 aliphatic heterocycles. The second-order valence-corrected chi connectivity index (χ2v) is 6.22. The summed E-state index contributed by atoms with van der Waals surface area (Å²) < 4.78 is 0. The maximum absolute atomic E-state index is 12.5. The molecule has 0 radical (unpaired) electrons. The van der Waals surface area contributed by atoms with E-state index >= 15 is 0 Å². The second kappa shape index (κ2) is 8.93. The smallest absolute Gasteiger partial charge is 0.336 e. The van der Waals surface area contributed by atoms with Crippen LogP contribution in [0.4, 0.5) is 0 Å². The number of ketones is 1. The summed E-state index contributed by atoms with van der Waals surface area (Å²) in [7, 11) is 0. The zero-order valence-electron chi connectivity index (χ0n) is 14.6. The van der Waals surface area contributed by atoms with Crippen molar-refractivity contribution in [3.8, 4) is 0 Å². The third-order valence-corrected chi connectivity index (χ3v) is 4.17. The Morgan fingerprint density at radius 3 is 2.24 bits per heavy atom. The zero-order valence-corrected chi connectivity index (χ0v) is 15.4. The van der Waals surface area contributed by atoms with E-state index in [1.165, 1.54) is 42.5 Å². The molecule has 2 rings (SSSR count). The number of nitrogens with two attached hydrogens (primary N) is 1. The number of carboxylic acids is 1. The van der Waals surface area contributed by atoms with Gasteiger partial charge in [-0.3, -0.25) is 24.5 Å². The van der Waals surface area contributed by atoms with E-state index in [0.717, 1.165) is 0 Å². The fraction of sp³-hybridized carbons (Fsp3) is 0.111. The largest absolute Gasteiger partial charge is 0.478 e. The lowest BCUT2D eigenvalue weighted by atomic mass is 10.0. The molecule has 4 N–H and O–H groups in total. The molecule has 0 spiro atoms. The minimum absolute atomic E-state index is 0.112. The fourth-order valence-electron chi connectivity index (χ4n) is 2.53. The Kier molecular flexibility index (Phi) is 6.63. The summed E-state index contributed by atoms with van der Waals surface area (Å²) in [6, 6.07) is 7.61. The SMILES string of the molecule is NC(=O)C(NC(=O)c1ccccc1C(=O)O)c1ccc(C(=O)C[N+](=O)[O-])c(Cl)c1. The number of nitro groups is 1. The van der Waals surface area contributed by atoms with E-state index in [0.29, 0.717) is 0 Å². The number of primary amides is 1. The van der Waals surface area contributed by atoms with Crippen LogP contribution in [-0.4, -0.2) is 40.1 Å². The van der Waals surface area contributed by atoms with Crippen molar-refractivity contribution >= 4 is 35.2 Å². The number of carbonyl (C=O) groups is 4. The van der Waals surface area contributed by atoms with Crippen LogP contribution in [-0.2, 0) is 4.79 Å². The van der Waals surface area contributed by atoms with Crippen molar-refractivity contribution < 1.29 is 29.2 Å². The van der Waals surface area contributed by atoms with Crippen LogP contribution in [0.15, 0.2) is 42.5 Å². The molecule has 150 valence electrons. The van der Waals surface area contributed by atoms with Gasteiger partial charge in [-0.25, -0.2) is 4.79 Å². The number of hydrogen-bond acceptors (Lipinski definition) is 6. The maximum Gasteiger partial charge on any atom is 0.336 e. The Bertz CT molecular complexity index is 1020. The lowest BCUT2D eigenvalue weighted by Gasteiger charge is -2.17. The first kappa shape index (κ1) is 21.5. The standard InChI is InChI=1S/C18H14ClN3O7/c19-13-7-9(5-6-12(13)14(23)8-22(28)29)15(16(20)24)21-17(25)10-3-1-2-4-11(10)18(26)27/h1-7,15H,8H2,(H2,20,24)(H,21,25)(H,26,27). The summed E-state index contributed by atoms with van der Waals surface area (Å²) in [4.78, 5) is 57.1. The van der Waals surface area contributed by atoms with Crippen LogP contribution in [0.25, 0.3) is 0 Å². The van der Waals surface area contributed by atoms with Gasteiger partial charge < -0.3 is 16.2 Å². The summed E-state index contributed by atoms with van der Waals surface area (Å²) in [6.07, 6.45) is 0. The summed E-state index contributed by atoms with van der Waals surface area (Å²) in [5.74, 6) is -3.99. The summed E-state index contributed by atoms with van der Waals surface area (Å²) in [6.45, 7) is -0.957. The van der Waals surface area contributed by atoms with Crippen LogP contribution < -0.4 is 11.1 Å². The molecule has 0 heterocycles. The molecule has 2 amide bonds. The van der Waals surface area contributed by atoms with Gasteiger partial charge in [0.2, 0.25) is 11.7 Å². The molecule has 0 aromatic heterocycles. The van der Waals surface area contributed by atoms with Gasteiger partial charge in [0.15, 0.2) is 0 Å². The molecule has 1 atom stereocenters. The van der Waals surface area contributed by atoms with E-state index in [9.17, 15) is 34.4 Å². The van der Waals surface area contributed by atoms with Crippen molar-refractivity contribution in [3.05, 3.63) is 79.9 Å². The van der Waals surface area contributed by atoms with E-state index in [-0.39, 0.29) is 27.3 Å². The van der Waals surface area contributed by atoms with Crippen molar-refractivity contribution in [3.63, 3.8) is 0 Å². The third kappa shape index (κ3) is 5.14. The topological polar surface area (TPSA) is 170 Å². The molecule has 0 fully saturated rings. The number of benzene rings is 2. The second-order valence-electron chi connectivity index (χ2n) is 5.81. The van der Waals surface area contributed by atoms with E-state index in [1.807, 2.05) is 0 Å². The van der Waals surface area contributed by atoms with Crippen molar-refractivity contribution in [1.29, 1.82) is 0 Å². The molecule has 10 nitrogen and oxygen atoms in total. The van der Waals surface area contributed by atoms with E-state index in [2.05, 4.69) is 5.32 Å². The lowest BCUT2D eigenvalue weighted by molar-refractivity contribution is -0.465. The van der Waals surface area contributed by atoms with Crippen molar-refractivity contribution in [2.75, 3.05) is 6.54 Å². The van der Waals surface area contributed by atoms with Crippen LogP contribution in [0.3, 0.4) is 0 Å². The fourth-order valence-corrected chi connectivity index (χ4v) is 2.83. The van der Waals surface area contributed by atoms with E-state index in [1.54, 1.807) is 0 Å². The van der Waals surface area contributed by atoms with E-state index in [4.69, 9.17) is 17.3 Å². The van der Waals surface area contributed by atoms with Gasteiger partial charge in [0.25, 0.3) is 12.5 Å². The molecule has 0 aliphatic rings. The Labute approximate surface area is 168 Å². The Morgan fingerprint density at radius 2 is 1.72 bits per heavy atom. The number of amides is 2. The van der Waals surface area contributed by atoms with Gasteiger partial charge in [-0.05, 0) is 29.8 Å². The van der Waals surface area contributed by atoms with Crippen molar-refractivity contribution in [2.45, 2.75) is 6.04 Å². The predicted molar refractivity (Wildman–Crippen MR) is 100 cm³/mol. The molecule has 0 aliphatic carbocycles. The number of carboxylic acid groups (broad SMARTS) is 1. The normalized spacial score (nSPS) is 11.3. The number of Topliss-reactive ketones (excluding diaryl/α,β-unsaturated/α-hetero) is 1. The first-order valence-electron chi connectivity index (χ1n) is 7.98. The predicted octanol–water partition coefficient (Wildman–Crippen LogP) is 1.45. The summed E-state index contributed by atoms with van der Waals surface area (Å²) in [5, 5.41) is 21.8. The van der Waals surface area contributed by atoms with Gasteiger partial charge >= 0.3 is 5.97 Å². The van der Waals surface area contributed by atoms with Gasteiger partial charge in [-0.1, -0.05) is 29.8 Å². The lowest BCUT2D eigenvalue weighted by Crippen LogP contribution is -2.38. The molecular weight excluding hydrogens is 406 g/mol. The zero-order chi connectivity index (χ0) is 21.7. The molecule has 0 saturated carbocycles. The Morgan fingerprint density at radius 1 is 1.10 bits per heavy atom. The number of halogens is 1. The molecule has 0 bridgehead atoms. The van der Waals surface area contributed by atoms with Crippen molar-refractivity contribution in [2.24, 2.45) is 5.73 Å². The number of nitrogens with zero attached hydrogens (tertiary/aromatic N) is 1. The number of nitrogens with one attached hydrogen (secondary N) is 1. The average Bonchev–Trinajstić information content (AvgIpc) is 2.64. The average molecular weight is 420 g/mol. The van der Waals surface area contributed by atoms with E-state index < -0.39 is 41.1 Å².